The van der Waals surface area contributed by atoms with E-state index >= 15 is 0 Å². The molecule has 1 unspecified atom stereocenters. The van der Waals surface area contributed by atoms with Gasteiger partial charge in [0, 0.05) is 37.7 Å². The van der Waals surface area contributed by atoms with Crippen molar-refractivity contribution in [2.24, 2.45) is 10.4 Å². The molecule has 7 heteroatoms. The molecule has 118 valence electrons. The SMILES string of the molecule is CCNC(=NCc1ccon1)N1CCC2(CCOC2)C1.I. The number of rotatable bonds is 3. The molecule has 0 saturated carbocycles. The third-order valence-corrected chi connectivity index (χ3v) is 4.14. The first-order chi connectivity index (χ1) is 9.81. The van der Waals surface area contributed by atoms with Crippen LogP contribution in [-0.4, -0.2) is 48.9 Å². The zero-order valence-electron chi connectivity index (χ0n) is 12.4. The summed E-state index contributed by atoms with van der Waals surface area (Å²) >= 11 is 0. The number of nitrogens with one attached hydrogen (secondary N) is 1. The number of guanidine groups is 1. The van der Waals surface area contributed by atoms with Gasteiger partial charge in [0.15, 0.2) is 5.96 Å². The zero-order chi connectivity index (χ0) is 13.8. The van der Waals surface area contributed by atoms with Gasteiger partial charge in [0.25, 0.3) is 0 Å². The van der Waals surface area contributed by atoms with Gasteiger partial charge in [-0.15, -0.1) is 24.0 Å². The molecule has 3 rings (SSSR count). The molecule has 6 nitrogen and oxygen atoms in total. The maximum Gasteiger partial charge on any atom is 0.194 e. The number of hydrogen-bond acceptors (Lipinski definition) is 4. The first-order valence-corrected chi connectivity index (χ1v) is 7.32. The van der Waals surface area contributed by atoms with Crippen molar-refractivity contribution in [3.63, 3.8) is 0 Å². The Balaban J connectivity index is 0.00000161. The number of nitrogens with zero attached hydrogens (tertiary/aromatic N) is 3. The molecule has 2 aliphatic rings. The second kappa shape index (κ2) is 7.44. The Kier molecular flexibility index (Phi) is 5.86. The molecule has 3 heterocycles. The van der Waals surface area contributed by atoms with Crippen LogP contribution >= 0.6 is 24.0 Å². The van der Waals surface area contributed by atoms with Crippen LogP contribution < -0.4 is 5.32 Å². The summed E-state index contributed by atoms with van der Waals surface area (Å²) in [5.74, 6) is 0.972. The normalized spacial score (nSPS) is 25.4. The minimum atomic E-state index is 0. The predicted octanol–water partition coefficient (Wildman–Crippen LogP) is 1.87. The number of hydrogen-bond donors (Lipinski definition) is 1. The highest BCUT2D eigenvalue weighted by Crippen LogP contribution is 2.38. The molecule has 0 radical (unpaired) electrons. The Bertz CT molecular complexity index is 458. The third-order valence-electron chi connectivity index (χ3n) is 4.14. The van der Waals surface area contributed by atoms with E-state index in [9.17, 15) is 0 Å². The molecule has 1 spiro atoms. The van der Waals surface area contributed by atoms with Crippen LogP contribution in [0.15, 0.2) is 21.8 Å². The Labute approximate surface area is 142 Å². The highest BCUT2D eigenvalue weighted by Gasteiger charge is 2.42. The van der Waals surface area contributed by atoms with E-state index in [0.717, 1.165) is 44.5 Å². The van der Waals surface area contributed by atoms with Crippen molar-refractivity contribution in [2.45, 2.75) is 26.3 Å². The Morgan fingerprint density at radius 3 is 3.10 bits per heavy atom. The molecule has 0 bridgehead atoms. The first kappa shape index (κ1) is 16.5. The van der Waals surface area contributed by atoms with Crippen LogP contribution in [0.2, 0.25) is 0 Å². The van der Waals surface area contributed by atoms with Gasteiger partial charge in [-0.1, -0.05) is 5.16 Å². The smallest absolute Gasteiger partial charge is 0.194 e. The van der Waals surface area contributed by atoms with Crippen molar-refractivity contribution in [3.05, 3.63) is 18.0 Å². The Morgan fingerprint density at radius 1 is 1.52 bits per heavy atom. The summed E-state index contributed by atoms with van der Waals surface area (Å²) in [6, 6.07) is 1.85. The lowest BCUT2D eigenvalue weighted by Crippen LogP contribution is -2.41. The molecule has 1 aromatic rings. The van der Waals surface area contributed by atoms with Crippen LogP contribution in [0.25, 0.3) is 0 Å². The van der Waals surface area contributed by atoms with Gasteiger partial charge in [0.2, 0.25) is 0 Å². The highest BCUT2D eigenvalue weighted by atomic mass is 127. The fraction of sp³-hybridized carbons (Fsp3) is 0.714. The maximum absolute atomic E-state index is 5.58. The lowest BCUT2D eigenvalue weighted by Gasteiger charge is -2.24. The summed E-state index contributed by atoms with van der Waals surface area (Å²) < 4.78 is 10.4. The van der Waals surface area contributed by atoms with Gasteiger partial charge in [-0.05, 0) is 19.8 Å². The second-order valence-electron chi connectivity index (χ2n) is 5.64. The molecule has 1 aromatic heterocycles. The van der Waals surface area contributed by atoms with Gasteiger partial charge < -0.3 is 19.5 Å². The van der Waals surface area contributed by atoms with E-state index in [4.69, 9.17) is 9.26 Å². The summed E-state index contributed by atoms with van der Waals surface area (Å²) in [4.78, 5) is 7.01. The zero-order valence-corrected chi connectivity index (χ0v) is 14.7. The van der Waals surface area contributed by atoms with E-state index in [0.29, 0.717) is 12.0 Å². The number of ether oxygens (including phenoxy) is 1. The van der Waals surface area contributed by atoms with Gasteiger partial charge in [0.05, 0.1) is 13.2 Å². The second-order valence-corrected chi connectivity index (χ2v) is 5.64. The molecule has 1 N–H and O–H groups in total. The van der Waals surface area contributed by atoms with Crippen LogP contribution in [0.3, 0.4) is 0 Å². The molecular formula is C14H23IN4O2. The molecule has 1 atom stereocenters. The van der Waals surface area contributed by atoms with E-state index in [1.54, 1.807) is 6.26 Å². The van der Waals surface area contributed by atoms with Crippen LogP contribution in [0.1, 0.15) is 25.5 Å². The summed E-state index contributed by atoms with van der Waals surface area (Å²) in [6.45, 7) is 7.41. The van der Waals surface area contributed by atoms with Crippen LogP contribution in [-0.2, 0) is 11.3 Å². The summed E-state index contributed by atoms with van der Waals surface area (Å²) in [5.41, 5.74) is 1.21. The largest absolute Gasteiger partial charge is 0.381 e. The summed E-state index contributed by atoms with van der Waals surface area (Å²) in [5, 5.41) is 7.27. The third kappa shape index (κ3) is 3.88. The van der Waals surface area contributed by atoms with Crippen molar-refractivity contribution in [1.82, 2.24) is 15.4 Å². The predicted molar refractivity (Wildman–Crippen MR) is 90.8 cm³/mol. The number of aromatic nitrogens is 1. The number of aliphatic imine (C=N–C) groups is 1. The standard InChI is InChI=1S/C14H22N4O2.HI/c1-2-15-13(16-9-12-3-7-20-17-12)18-6-4-14(10-18)5-8-19-11-14;/h3,7H,2,4-6,8-11H2,1H3,(H,15,16);1H. The van der Waals surface area contributed by atoms with E-state index in [1.165, 1.54) is 12.8 Å². The fourth-order valence-corrected chi connectivity index (χ4v) is 2.99. The van der Waals surface area contributed by atoms with E-state index in [1.807, 2.05) is 6.07 Å². The van der Waals surface area contributed by atoms with Gasteiger partial charge in [-0.3, -0.25) is 0 Å². The van der Waals surface area contributed by atoms with Crippen LogP contribution in [0, 0.1) is 5.41 Å². The molecule has 0 aromatic carbocycles. The van der Waals surface area contributed by atoms with Crippen LogP contribution in [0.5, 0.6) is 0 Å². The topological polar surface area (TPSA) is 62.9 Å². The van der Waals surface area contributed by atoms with Gasteiger partial charge in [-0.25, -0.2) is 4.99 Å². The number of likely N-dealkylation sites (tertiary alicyclic amines) is 1. The first-order valence-electron chi connectivity index (χ1n) is 7.32. The Hall–Kier alpha value is -0.830. The van der Waals surface area contributed by atoms with Crippen molar-refractivity contribution in [1.29, 1.82) is 0 Å². The lowest BCUT2D eigenvalue weighted by atomic mass is 9.87. The molecular weight excluding hydrogens is 383 g/mol. The van der Waals surface area contributed by atoms with E-state index in [2.05, 4.69) is 27.3 Å². The van der Waals surface area contributed by atoms with Crippen molar-refractivity contribution in [2.75, 3.05) is 32.8 Å². The fourth-order valence-electron chi connectivity index (χ4n) is 2.99. The van der Waals surface area contributed by atoms with Gasteiger partial charge >= 0.3 is 0 Å². The molecule has 0 aliphatic carbocycles. The van der Waals surface area contributed by atoms with E-state index in [-0.39, 0.29) is 24.0 Å². The number of halogens is 1. The van der Waals surface area contributed by atoms with E-state index < -0.39 is 0 Å². The minimum absolute atomic E-state index is 0. The highest BCUT2D eigenvalue weighted by molar-refractivity contribution is 14.0. The molecule has 2 saturated heterocycles. The molecule has 2 aliphatic heterocycles. The van der Waals surface area contributed by atoms with Crippen molar-refractivity contribution in [3.8, 4) is 0 Å². The summed E-state index contributed by atoms with van der Waals surface area (Å²) in [7, 11) is 0. The molecule has 21 heavy (non-hydrogen) atoms. The van der Waals surface area contributed by atoms with Crippen LogP contribution in [0.4, 0.5) is 0 Å². The molecule has 2 fully saturated rings. The maximum atomic E-state index is 5.58. The lowest BCUT2D eigenvalue weighted by molar-refractivity contribution is 0.156. The van der Waals surface area contributed by atoms with Crippen molar-refractivity contribution >= 4 is 29.9 Å². The van der Waals surface area contributed by atoms with Crippen molar-refractivity contribution < 1.29 is 9.26 Å². The minimum Gasteiger partial charge on any atom is -0.381 e. The Morgan fingerprint density at radius 2 is 2.43 bits per heavy atom. The average Bonchev–Trinajstić information content (AvgIpc) is 3.18. The van der Waals surface area contributed by atoms with Gasteiger partial charge in [-0.2, -0.15) is 0 Å². The quantitative estimate of drug-likeness (QED) is 0.472. The molecule has 0 amide bonds. The monoisotopic (exact) mass is 406 g/mol. The average molecular weight is 406 g/mol. The van der Waals surface area contributed by atoms with Gasteiger partial charge in [0.1, 0.15) is 12.0 Å². The summed E-state index contributed by atoms with van der Waals surface area (Å²) in [6.07, 6.45) is 3.95.